The molecule has 0 spiro atoms. The monoisotopic (exact) mass is 349 g/mol. The second kappa shape index (κ2) is 6.88. The smallest absolute Gasteiger partial charge is 0.373 e. The molecule has 3 heterocycles. The molecule has 2 aliphatic rings. The van der Waals surface area contributed by atoms with Gasteiger partial charge in [-0.05, 0) is 44.4 Å². The number of piperazine rings is 1. The first-order valence-corrected chi connectivity index (χ1v) is 9.29. The van der Waals surface area contributed by atoms with Crippen molar-refractivity contribution in [2.45, 2.75) is 38.3 Å². The number of nitrogens with one attached hydrogen (secondary N) is 1. The number of fused-ring (bicyclic) bond motifs is 2. The van der Waals surface area contributed by atoms with E-state index in [2.05, 4.69) is 45.1 Å². The van der Waals surface area contributed by atoms with E-state index in [-0.39, 0.29) is 0 Å². The lowest BCUT2D eigenvalue weighted by Gasteiger charge is -2.43. The summed E-state index contributed by atoms with van der Waals surface area (Å²) >= 11 is 0. The van der Waals surface area contributed by atoms with Gasteiger partial charge in [-0.25, -0.2) is 0 Å². The van der Waals surface area contributed by atoms with Crippen molar-refractivity contribution >= 4 is 23.6 Å². The van der Waals surface area contributed by atoms with Crippen LogP contribution in [0.15, 0.2) is 30.5 Å². The predicted octanol–water partition coefficient (Wildman–Crippen LogP) is 1.46. The van der Waals surface area contributed by atoms with Crippen LogP contribution in [0.5, 0.6) is 0 Å². The van der Waals surface area contributed by atoms with Crippen molar-refractivity contribution in [1.29, 1.82) is 5.26 Å². The van der Waals surface area contributed by atoms with Gasteiger partial charge in [0.1, 0.15) is 6.07 Å². The molecule has 0 saturated carbocycles. The summed E-state index contributed by atoms with van der Waals surface area (Å²) in [5.41, 5.74) is 2.56. The maximum atomic E-state index is 9.64. The lowest BCUT2D eigenvalue weighted by atomic mass is 9.87. The van der Waals surface area contributed by atoms with Crippen LogP contribution in [0, 0.1) is 11.3 Å². The zero-order valence-corrected chi connectivity index (χ0v) is 15.3. The maximum Gasteiger partial charge on any atom is 0.373 e. The van der Waals surface area contributed by atoms with Crippen LogP contribution in [0.4, 0.5) is 5.69 Å². The second-order valence-corrected chi connectivity index (χ2v) is 7.52. The van der Waals surface area contributed by atoms with E-state index in [0.29, 0.717) is 23.7 Å². The molecule has 4 rings (SSSR count). The van der Waals surface area contributed by atoms with Crippen molar-refractivity contribution < 1.29 is 5.02 Å². The quantitative estimate of drug-likeness (QED) is 0.818. The van der Waals surface area contributed by atoms with E-state index >= 15 is 0 Å². The number of anilines is 1. The van der Waals surface area contributed by atoms with Crippen LogP contribution < -0.4 is 10.1 Å². The fraction of sp³-hybridized carbons (Fsp3) is 0.474. The minimum atomic E-state index is -0.471. The highest BCUT2D eigenvalue weighted by molar-refractivity contribution is 6.45. The summed E-state index contributed by atoms with van der Waals surface area (Å²) < 4.78 is 0. The van der Waals surface area contributed by atoms with Crippen molar-refractivity contribution in [1.82, 2.24) is 15.1 Å². The number of hydrogen-bond acceptors (Lipinski definition) is 6. The number of hydrogen-bond donors (Lipinski definition) is 2. The van der Waals surface area contributed by atoms with Gasteiger partial charge in [-0.3, -0.25) is 9.88 Å². The molecule has 3 atom stereocenters. The van der Waals surface area contributed by atoms with Gasteiger partial charge < -0.3 is 15.2 Å². The molecule has 26 heavy (non-hydrogen) atoms. The normalized spacial score (nSPS) is 25.9. The third-order valence-electron chi connectivity index (χ3n) is 5.62. The van der Waals surface area contributed by atoms with Crippen molar-refractivity contribution in [3.05, 3.63) is 36.0 Å². The van der Waals surface area contributed by atoms with Crippen LogP contribution in [0.1, 0.15) is 18.9 Å². The van der Waals surface area contributed by atoms with E-state index in [1.165, 1.54) is 0 Å². The predicted molar refractivity (Wildman–Crippen MR) is 104 cm³/mol. The van der Waals surface area contributed by atoms with Gasteiger partial charge in [0.15, 0.2) is 0 Å². The van der Waals surface area contributed by atoms with Gasteiger partial charge in [-0.1, -0.05) is 0 Å². The average Bonchev–Trinajstić information content (AvgIpc) is 3.03. The summed E-state index contributed by atoms with van der Waals surface area (Å²) in [4.78, 5) is 9.43. The van der Waals surface area contributed by atoms with Crippen molar-refractivity contribution in [3.8, 4) is 6.07 Å². The maximum absolute atomic E-state index is 9.64. The summed E-state index contributed by atoms with van der Waals surface area (Å²) in [5.74, 6) is 0. The fourth-order valence-corrected chi connectivity index (χ4v) is 4.60. The molecule has 6 nitrogen and oxygen atoms in total. The van der Waals surface area contributed by atoms with E-state index in [1.54, 1.807) is 13.0 Å². The number of nitrogens with zero attached hydrogens (tertiary/aromatic N) is 4. The number of nitriles is 1. The van der Waals surface area contributed by atoms with Crippen LogP contribution in [0.25, 0.3) is 10.9 Å². The van der Waals surface area contributed by atoms with Crippen LogP contribution >= 0.6 is 0 Å². The van der Waals surface area contributed by atoms with E-state index < -0.39 is 7.05 Å². The summed E-state index contributed by atoms with van der Waals surface area (Å²) in [6, 6.07) is 11.4. The standard InChI is InChI=1S/C19H24BN5O/c1-13-10-24(12-16-8-15(11-25(13)16)23-20(2)26)18-6-5-14(9-21)19-17(18)4-3-7-22-19/h3-7,13,15-16,23,26H,8,10-12H2,1-2H3/t13-,15+,16+/m1/s1. The number of benzene rings is 1. The number of rotatable bonds is 3. The first-order valence-electron chi connectivity index (χ1n) is 9.29. The van der Waals surface area contributed by atoms with Gasteiger partial charge in [0.2, 0.25) is 0 Å². The molecule has 0 radical (unpaired) electrons. The SMILES string of the molecule is CB(O)N[C@H]1C[C@H]2CN(c3ccc(C#N)c4ncccc34)C[C@@H](C)N2C1. The minimum absolute atomic E-state index is 0.335. The molecule has 2 saturated heterocycles. The van der Waals surface area contributed by atoms with Crippen LogP contribution in [-0.2, 0) is 0 Å². The molecule has 2 aromatic rings. The van der Waals surface area contributed by atoms with E-state index in [4.69, 9.17) is 0 Å². The minimum Gasteiger partial charge on any atom is -0.437 e. The van der Waals surface area contributed by atoms with Crippen molar-refractivity contribution in [2.24, 2.45) is 0 Å². The highest BCUT2D eigenvalue weighted by atomic mass is 16.2. The zero-order valence-electron chi connectivity index (χ0n) is 15.3. The van der Waals surface area contributed by atoms with Gasteiger partial charge in [-0.2, -0.15) is 5.26 Å². The van der Waals surface area contributed by atoms with E-state index in [1.807, 2.05) is 12.1 Å². The largest absolute Gasteiger partial charge is 0.437 e. The van der Waals surface area contributed by atoms with Crippen LogP contribution in [0.3, 0.4) is 0 Å². The molecule has 0 bridgehead atoms. The third kappa shape index (κ3) is 3.05. The second-order valence-electron chi connectivity index (χ2n) is 7.52. The Balaban J connectivity index is 1.63. The highest BCUT2D eigenvalue weighted by Gasteiger charge is 2.40. The molecule has 2 aliphatic heterocycles. The van der Waals surface area contributed by atoms with Gasteiger partial charge in [0, 0.05) is 55.0 Å². The third-order valence-corrected chi connectivity index (χ3v) is 5.62. The Kier molecular flexibility index (Phi) is 4.57. The number of pyridine rings is 1. The molecule has 0 amide bonds. The van der Waals surface area contributed by atoms with E-state index in [0.717, 1.165) is 42.6 Å². The lowest BCUT2D eigenvalue weighted by Crippen LogP contribution is -2.55. The Morgan fingerprint density at radius 1 is 1.31 bits per heavy atom. The molecule has 1 aromatic heterocycles. The van der Waals surface area contributed by atoms with Crippen molar-refractivity contribution in [2.75, 3.05) is 24.5 Å². The average molecular weight is 349 g/mol. The van der Waals surface area contributed by atoms with Crippen LogP contribution in [0.2, 0.25) is 6.82 Å². The Morgan fingerprint density at radius 3 is 2.92 bits per heavy atom. The molecule has 0 aliphatic carbocycles. The van der Waals surface area contributed by atoms with Gasteiger partial charge >= 0.3 is 7.05 Å². The van der Waals surface area contributed by atoms with E-state index in [9.17, 15) is 10.3 Å². The van der Waals surface area contributed by atoms with Crippen molar-refractivity contribution in [3.63, 3.8) is 0 Å². The molecule has 0 unspecified atom stereocenters. The Labute approximate surface area is 154 Å². The van der Waals surface area contributed by atoms with Gasteiger partial charge in [0.25, 0.3) is 0 Å². The molecule has 2 fully saturated rings. The Bertz CT molecular complexity index is 851. The van der Waals surface area contributed by atoms with Gasteiger partial charge in [0.05, 0.1) is 11.1 Å². The zero-order chi connectivity index (χ0) is 18.3. The summed E-state index contributed by atoms with van der Waals surface area (Å²) in [5, 5.41) is 23.3. The molecular weight excluding hydrogens is 325 g/mol. The van der Waals surface area contributed by atoms with Crippen LogP contribution in [-0.4, -0.2) is 59.7 Å². The number of aromatic nitrogens is 1. The first kappa shape index (κ1) is 17.3. The molecule has 2 N–H and O–H groups in total. The Hall–Kier alpha value is -2.14. The Morgan fingerprint density at radius 2 is 2.15 bits per heavy atom. The lowest BCUT2D eigenvalue weighted by molar-refractivity contribution is 0.165. The van der Waals surface area contributed by atoms with Gasteiger partial charge in [-0.15, -0.1) is 0 Å². The summed E-state index contributed by atoms with van der Waals surface area (Å²) in [7, 11) is -0.471. The molecule has 134 valence electrons. The molecule has 7 heteroatoms. The topological polar surface area (TPSA) is 75.4 Å². The fourth-order valence-electron chi connectivity index (χ4n) is 4.60. The molecule has 1 aromatic carbocycles. The highest BCUT2D eigenvalue weighted by Crippen LogP contribution is 2.33. The first-order chi connectivity index (χ1) is 12.6. The summed E-state index contributed by atoms with van der Waals surface area (Å²) in [6.45, 7) is 6.95. The summed E-state index contributed by atoms with van der Waals surface area (Å²) in [6.07, 6.45) is 2.79. The molecular formula is C19H24BN5O.